The quantitative estimate of drug-likeness (QED) is 0.882. The van der Waals surface area contributed by atoms with E-state index in [0.29, 0.717) is 15.9 Å². The summed E-state index contributed by atoms with van der Waals surface area (Å²) in [4.78, 5) is 0.00322. The molecule has 0 radical (unpaired) electrons. The van der Waals surface area contributed by atoms with E-state index in [1.165, 1.54) is 17.5 Å². The molecule has 19 heavy (non-hydrogen) atoms. The number of rotatable bonds is 3. The fourth-order valence-electron chi connectivity index (χ4n) is 1.99. The molecule has 1 atom stereocenters. The Balaban J connectivity index is 2.51. The van der Waals surface area contributed by atoms with E-state index in [4.69, 9.17) is 16.3 Å². The summed E-state index contributed by atoms with van der Waals surface area (Å²) in [7, 11) is -2.33. The van der Waals surface area contributed by atoms with Crippen molar-refractivity contribution in [2.75, 3.05) is 20.2 Å². The normalized spacial score (nSPS) is 20.7. The number of aliphatic hydroxyl groups is 1. The van der Waals surface area contributed by atoms with Gasteiger partial charge in [0, 0.05) is 18.1 Å². The lowest BCUT2D eigenvalue weighted by Gasteiger charge is -2.18. The second-order valence-corrected chi connectivity index (χ2v) is 7.42. The molecule has 1 aromatic rings. The molecule has 1 N–H and O–H groups in total. The van der Waals surface area contributed by atoms with Crippen molar-refractivity contribution in [3.8, 4) is 5.75 Å². The number of ether oxygens (including phenoxy) is 1. The van der Waals surface area contributed by atoms with Crippen molar-refractivity contribution in [2.24, 2.45) is 0 Å². The van der Waals surface area contributed by atoms with E-state index in [2.05, 4.69) is 15.9 Å². The van der Waals surface area contributed by atoms with Crippen molar-refractivity contribution in [1.82, 2.24) is 4.31 Å². The second-order valence-electron chi connectivity index (χ2n) is 4.22. The Kier molecular flexibility index (Phi) is 4.42. The molecule has 1 fully saturated rings. The summed E-state index contributed by atoms with van der Waals surface area (Å²) in [6.45, 7) is 0.381. The van der Waals surface area contributed by atoms with Crippen LogP contribution in [0.2, 0.25) is 5.02 Å². The van der Waals surface area contributed by atoms with Gasteiger partial charge >= 0.3 is 0 Å². The monoisotopic (exact) mass is 369 g/mol. The standard InChI is InChI=1S/C11H13BrClNO4S/c1-18-11-9(12)4-7(13)5-10(11)19(16,17)14-3-2-8(15)6-14/h4-5,8,15H,2-3,6H2,1H3/t8-/m0/s1. The van der Waals surface area contributed by atoms with Crippen LogP contribution in [-0.2, 0) is 10.0 Å². The first kappa shape index (κ1) is 15.1. The molecular weight excluding hydrogens is 358 g/mol. The van der Waals surface area contributed by atoms with Gasteiger partial charge in [-0.1, -0.05) is 11.6 Å². The molecule has 2 rings (SSSR count). The number of halogens is 2. The average molecular weight is 371 g/mol. The van der Waals surface area contributed by atoms with E-state index in [0.717, 1.165) is 0 Å². The molecule has 1 saturated heterocycles. The number of hydrogen-bond donors (Lipinski definition) is 1. The third kappa shape index (κ3) is 2.90. The van der Waals surface area contributed by atoms with Gasteiger partial charge in [0.15, 0.2) is 5.75 Å². The lowest BCUT2D eigenvalue weighted by molar-refractivity contribution is 0.189. The average Bonchev–Trinajstić information content (AvgIpc) is 2.75. The van der Waals surface area contributed by atoms with Crippen LogP contribution in [0.1, 0.15) is 6.42 Å². The maximum absolute atomic E-state index is 12.5. The maximum Gasteiger partial charge on any atom is 0.246 e. The van der Waals surface area contributed by atoms with Crippen LogP contribution in [-0.4, -0.2) is 44.1 Å². The second kappa shape index (κ2) is 5.57. The number of hydrogen-bond acceptors (Lipinski definition) is 4. The molecule has 106 valence electrons. The molecule has 1 heterocycles. The molecular formula is C11H13BrClNO4S. The maximum atomic E-state index is 12.5. The summed E-state index contributed by atoms with van der Waals surface area (Å²) in [5.41, 5.74) is 0. The molecule has 0 amide bonds. The van der Waals surface area contributed by atoms with Crippen molar-refractivity contribution < 1.29 is 18.3 Å². The summed E-state index contributed by atoms with van der Waals surface area (Å²) in [5, 5.41) is 9.77. The molecule has 1 aliphatic heterocycles. The van der Waals surface area contributed by atoms with Crippen molar-refractivity contribution in [1.29, 1.82) is 0 Å². The van der Waals surface area contributed by atoms with E-state index in [-0.39, 0.29) is 23.7 Å². The Labute approximate surface area is 125 Å². The van der Waals surface area contributed by atoms with Gasteiger partial charge in [0.2, 0.25) is 10.0 Å². The lowest BCUT2D eigenvalue weighted by Crippen LogP contribution is -2.30. The number of β-amino-alcohol motifs (C(OH)–C–C–N with tert-alkyl or cyclic N) is 1. The van der Waals surface area contributed by atoms with Gasteiger partial charge in [0.1, 0.15) is 4.90 Å². The first-order valence-corrected chi connectivity index (χ1v) is 8.18. The molecule has 0 aliphatic carbocycles. The Morgan fingerprint density at radius 1 is 1.53 bits per heavy atom. The van der Waals surface area contributed by atoms with Crippen LogP contribution in [0.15, 0.2) is 21.5 Å². The molecule has 5 nitrogen and oxygen atoms in total. The number of methoxy groups -OCH3 is 1. The highest BCUT2D eigenvalue weighted by atomic mass is 79.9. The topological polar surface area (TPSA) is 66.8 Å². The molecule has 0 bridgehead atoms. The smallest absolute Gasteiger partial charge is 0.246 e. The van der Waals surface area contributed by atoms with Crippen LogP contribution < -0.4 is 4.74 Å². The van der Waals surface area contributed by atoms with E-state index >= 15 is 0 Å². The minimum Gasteiger partial charge on any atom is -0.494 e. The van der Waals surface area contributed by atoms with Crippen molar-refractivity contribution >= 4 is 37.6 Å². The number of benzene rings is 1. The van der Waals surface area contributed by atoms with Crippen molar-refractivity contribution in [2.45, 2.75) is 17.4 Å². The molecule has 0 saturated carbocycles. The van der Waals surface area contributed by atoms with Crippen LogP contribution >= 0.6 is 27.5 Å². The van der Waals surface area contributed by atoms with Gasteiger partial charge in [-0.2, -0.15) is 4.31 Å². The fourth-order valence-corrected chi connectivity index (χ4v) is 4.86. The van der Waals surface area contributed by atoms with Crippen LogP contribution in [0.25, 0.3) is 0 Å². The highest BCUT2D eigenvalue weighted by Gasteiger charge is 2.34. The van der Waals surface area contributed by atoms with Gasteiger partial charge in [0.05, 0.1) is 17.7 Å². The van der Waals surface area contributed by atoms with Gasteiger partial charge in [-0.05, 0) is 34.5 Å². The van der Waals surface area contributed by atoms with Crippen molar-refractivity contribution in [3.05, 3.63) is 21.6 Å². The third-order valence-electron chi connectivity index (χ3n) is 2.92. The number of nitrogens with zero attached hydrogens (tertiary/aromatic N) is 1. The van der Waals surface area contributed by atoms with Crippen LogP contribution in [0.3, 0.4) is 0 Å². The van der Waals surface area contributed by atoms with Gasteiger partial charge in [-0.3, -0.25) is 0 Å². The summed E-state index contributed by atoms with van der Waals surface area (Å²) < 4.78 is 31.9. The molecule has 8 heteroatoms. The molecule has 1 aliphatic rings. The van der Waals surface area contributed by atoms with Crippen LogP contribution in [0.5, 0.6) is 5.75 Å². The fraction of sp³-hybridized carbons (Fsp3) is 0.455. The van der Waals surface area contributed by atoms with E-state index in [1.807, 2.05) is 0 Å². The van der Waals surface area contributed by atoms with Gasteiger partial charge < -0.3 is 9.84 Å². The predicted octanol–water partition coefficient (Wildman–Crippen LogP) is 1.87. The Bertz CT molecular complexity index is 593. The highest BCUT2D eigenvalue weighted by Crippen LogP contribution is 2.37. The van der Waals surface area contributed by atoms with Gasteiger partial charge in [-0.25, -0.2) is 8.42 Å². The zero-order valence-corrected chi connectivity index (χ0v) is 13.3. The zero-order valence-electron chi connectivity index (χ0n) is 10.1. The lowest BCUT2D eigenvalue weighted by atomic mass is 10.3. The first-order chi connectivity index (χ1) is 8.86. The van der Waals surface area contributed by atoms with Crippen LogP contribution in [0.4, 0.5) is 0 Å². The molecule has 0 unspecified atom stereocenters. The number of sulfonamides is 1. The zero-order chi connectivity index (χ0) is 14.2. The largest absolute Gasteiger partial charge is 0.494 e. The Morgan fingerprint density at radius 3 is 2.74 bits per heavy atom. The minimum atomic E-state index is -3.73. The predicted molar refractivity (Wildman–Crippen MR) is 75.1 cm³/mol. The minimum absolute atomic E-state index is 0.00322. The van der Waals surface area contributed by atoms with Gasteiger partial charge in [0.25, 0.3) is 0 Å². The van der Waals surface area contributed by atoms with Crippen LogP contribution in [0, 0.1) is 0 Å². The first-order valence-electron chi connectivity index (χ1n) is 5.57. The summed E-state index contributed by atoms with van der Waals surface area (Å²) in [6.07, 6.45) is -0.188. The molecule has 0 spiro atoms. The highest BCUT2D eigenvalue weighted by molar-refractivity contribution is 9.10. The Morgan fingerprint density at radius 2 is 2.21 bits per heavy atom. The van der Waals surface area contributed by atoms with E-state index in [1.54, 1.807) is 6.07 Å². The number of aliphatic hydroxyl groups excluding tert-OH is 1. The summed E-state index contributed by atoms with van der Waals surface area (Å²) in [6, 6.07) is 2.92. The SMILES string of the molecule is COc1c(Br)cc(Cl)cc1S(=O)(=O)N1CC[C@H](O)C1. The van der Waals surface area contributed by atoms with E-state index < -0.39 is 16.1 Å². The summed E-state index contributed by atoms with van der Waals surface area (Å²) in [5.74, 6) is 0.214. The third-order valence-corrected chi connectivity index (χ3v) is 5.60. The molecule has 0 aromatic heterocycles. The summed E-state index contributed by atoms with van der Waals surface area (Å²) >= 11 is 9.13. The van der Waals surface area contributed by atoms with Gasteiger partial charge in [-0.15, -0.1) is 0 Å². The van der Waals surface area contributed by atoms with Crippen molar-refractivity contribution in [3.63, 3.8) is 0 Å². The van der Waals surface area contributed by atoms with E-state index in [9.17, 15) is 13.5 Å². The molecule has 1 aromatic carbocycles. The Hall–Kier alpha value is -0.340.